The third kappa shape index (κ3) is 4.07. The van der Waals surface area contributed by atoms with Crippen LogP contribution in [0.3, 0.4) is 0 Å². The topological polar surface area (TPSA) is 105 Å². The average molecular weight is 464 g/mol. The van der Waals surface area contributed by atoms with Crippen molar-refractivity contribution in [3.8, 4) is 0 Å². The lowest BCUT2D eigenvalue weighted by atomic mass is 10.1. The van der Waals surface area contributed by atoms with Crippen molar-refractivity contribution in [1.82, 2.24) is 4.72 Å². The molecule has 0 spiro atoms. The highest BCUT2D eigenvalue weighted by molar-refractivity contribution is 7.90. The molecule has 9 heteroatoms. The smallest absolute Gasteiger partial charge is 0.311 e. The molecular formula is C24H21N3O5S. The van der Waals surface area contributed by atoms with Crippen LogP contribution < -0.4 is 9.62 Å². The fraction of sp³-hybridized carbons (Fsp3) is 0.208. The molecule has 0 aromatic heterocycles. The Morgan fingerprint density at radius 3 is 2.67 bits per heavy atom. The molecule has 8 nitrogen and oxygen atoms in total. The second-order valence-electron chi connectivity index (χ2n) is 7.94. The van der Waals surface area contributed by atoms with Gasteiger partial charge in [0.25, 0.3) is 10.0 Å². The number of sulfonamides is 1. The van der Waals surface area contributed by atoms with E-state index in [4.69, 9.17) is 4.74 Å². The molecule has 2 aliphatic rings. The summed E-state index contributed by atoms with van der Waals surface area (Å²) in [5.74, 6) is -0.897. The van der Waals surface area contributed by atoms with Crippen LogP contribution in [0.25, 0.3) is 10.8 Å². The Morgan fingerprint density at radius 1 is 1.06 bits per heavy atom. The Hall–Kier alpha value is -3.72. The Bertz CT molecular complexity index is 1400. The number of fused-ring (bicyclic) bond motifs is 2. The molecule has 1 amide bonds. The minimum atomic E-state index is -3.61. The first-order valence-corrected chi connectivity index (χ1v) is 12.0. The maximum Gasteiger partial charge on any atom is 0.311 e. The first-order chi connectivity index (χ1) is 15.9. The third-order valence-electron chi connectivity index (χ3n) is 5.77. The van der Waals surface area contributed by atoms with E-state index >= 15 is 0 Å². The zero-order chi connectivity index (χ0) is 23.0. The van der Waals surface area contributed by atoms with Crippen LogP contribution in [-0.2, 0) is 24.3 Å². The lowest BCUT2D eigenvalue weighted by Crippen LogP contribution is -2.27. The molecule has 1 atom stereocenters. The number of amidine groups is 1. The standard InChI is InChI=1S/C24H21N3O5S/c28-22-14-18(15-27(22)19-10-9-16-5-1-2-6-17(16)13-19)24(29)32-12-11-25-23-20-7-3-4-8-21(20)33(30,31)26-23/h1-10,13,18H,11-12,14-15H2,(H,25,26)/t18-/m1/s1. The summed E-state index contributed by atoms with van der Waals surface area (Å²) in [6.07, 6.45) is 0.0906. The molecule has 168 valence electrons. The number of carbonyl (C=O) groups is 2. The molecule has 1 N–H and O–H groups in total. The van der Waals surface area contributed by atoms with E-state index in [1.165, 1.54) is 6.07 Å². The second kappa shape index (κ2) is 8.32. The number of hydrogen-bond donors (Lipinski definition) is 1. The van der Waals surface area contributed by atoms with Crippen molar-refractivity contribution in [2.75, 3.05) is 24.6 Å². The van der Waals surface area contributed by atoms with E-state index in [1.807, 2.05) is 42.5 Å². The lowest BCUT2D eigenvalue weighted by molar-refractivity contribution is -0.148. The maximum atomic E-state index is 12.5. The van der Waals surface area contributed by atoms with Crippen molar-refractivity contribution < 1.29 is 22.7 Å². The highest BCUT2D eigenvalue weighted by Crippen LogP contribution is 2.29. The summed E-state index contributed by atoms with van der Waals surface area (Å²) in [4.78, 5) is 31.1. The van der Waals surface area contributed by atoms with Gasteiger partial charge in [0.2, 0.25) is 5.91 Å². The van der Waals surface area contributed by atoms with Crippen molar-refractivity contribution in [1.29, 1.82) is 0 Å². The van der Waals surface area contributed by atoms with Gasteiger partial charge in [-0.3, -0.25) is 19.3 Å². The summed E-state index contributed by atoms with van der Waals surface area (Å²) < 4.78 is 32.0. The molecule has 5 rings (SSSR count). The number of amides is 1. The highest BCUT2D eigenvalue weighted by Gasteiger charge is 2.36. The van der Waals surface area contributed by atoms with Crippen LogP contribution in [0.15, 0.2) is 76.6 Å². The van der Waals surface area contributed by atoms with Gasteiger partial charge in [-0.15, -0.1) is 0 Å². The molecule has 1 fully saturated rings. The third-order valence-corrected chi connectivity index (χ3v) is 7.17. The summed E-state index contributed by atoms with van der Waals surface area (Å²) in [7, 11) is -3.61. The van der Waals surface area contributed by atoms with Gasteiger partial charge in [-0.25, -0.2) is 8.42 Å². The van der Waals surface area contributed by atoms with E-state index in [2.05, 4.69) is 9.71 Å². The van der Waals surface area contributed by atoms with Gasteiger partial charge in [0, 0.05) is 24.2 Å². The van der Waals surface area contributed by atoms with Crippen LogP contribution in [0.5, 0.6) is 0 Å². The van der Waals surface area contributed by atoms with E-state index in [9.17, 15) is 18.0 Å². The number of aliphatic imine (C=N–C) groups is 1. The summed E-state index contributed by atoms with van der Waals surface area (Å²) in [6.45, 7) is 0.359. The summed E-state index contributed by atoms with van der Waals surface area (Å²) >= 11 is 0. The van der Waals surface area contributed by atoms with Crippen LogP contribution in [0.2, 0.25) is 0 Å². The molecule has 0 bridgehead atoms. The molecule has 2 aliphatic heterocycles. The quantitative estimate of drug-likeness (QED) is 0.462. The number of anilines is 1. The van der Waals surface area contributed by atoms with E-state index in [0.29, 0.717) is 5.56 Å². The summed E-state index contributed by atoms with van der Waals surface area (Å²) in [5, 5.41) is 2.11. The molecule has 0 radical (unpaired) electrons. The fourth-order valence-corrected chi connectivity index (χ4v) is 5.38. The Kier molecular flexibility index (Phi) is 5.33. The van der Waals surface area contributed by atoms with E-state index in [0.717, 1.165) is 16.5 Å². The van der Waals surface area contributed by atoms with Crippen LogP contribution in [0.4, 0.5) is 5.69 Å². The van der Waals surface area contributed by atoms with Gasteiger partial charge in [0.15, 0.2) is 0 Å². The number of ether oxygens (including phenoxy) is 1. The fourth-order valence-electron chi connectivity index (χ4n) is 4.13. The molecule has 33 heavy (non-hydrogen) atoms. The minimum absolute atomic E-state index is 0.00705. The van der Waals surface area contributed by atoms with Crippen molar-refractivity contribution in [2.24, 2.45) is 10.9 Å². The first kappa shape index (κ1) is 21.1. The van der Waals surface area contributed by atoms with Gasteiger partial charge in [0.1, 0.15) is 12.4 Å². The van der Waals surface area contributed by atoms with Gasteiger partial charge in [-0.1, -0.05) is 42.5 Å². The summed E-state index contributed by atoms with van der Waals surface area (Å²) in [6, 6.07) is 20.2. The SMILES string of the molecule is O=C(OCCN=C1NS(=O)(=O)c2ccccc21)[C@@H]1CC(=O)N(c2ccc3ccccc3c2)C1. The molecule has 0 saturated carbocycles. The maximum absolute atomic E-state index is 12.5. The van der Waals surface area contributed by atoms with Gasteiger partial charge >= 0.3 is 5.97 Å². The normalized spacial score (nSPS) is 20.1. The predicted octanol–water partition coefficient (Wildman–Crippen LogP) is 2.47. The minimum Gasteiger partial charge on any atom is -0.463 e. The van der Waals surface area contributed by atoms with Crippen LogP contribution in [-0.4, -0.2) is 45.8 Å². The molecule has 3 aromatic carbocycles. The molecular weight excluding hydrogens is 442 g/mol. The van der Waals surface area contributed by atoms with E-state index < -0.39 is 21.9 Å². The Labute approximate surface area is 190 Å². The van der Waals surface area contributed by atoms with Crippen LogP contribution in [0, 0.1) is 5.92 Å². The Morgan fingerprint density at radius 2 is 1.82 bits per heavy atom. The van der Waals surface area contributed by atoms with Gasteiger partial charge in [0.05, 0.1) is 17.4 Å². The van der Waals surface area contributed by atoms with Gasteiger partial charge < -0.3 is 9.64 Å². The number of nitrogens with one attached hydrogen (secondary N) is 1. The number of esters is 1. The number of rotatable bonds is 5. The monoisotopic (exact) mass is 463 g/mol. The number of carbonyl (C=O) groups excluding carboxylic acids is 2. The number of benzene rings is 3. The lowest BCUT2D eigenvalue weighted by Gasteiger charge is -2.17. The highest BCUT2D eigenvalue weighted by atomic mass is 32.2. The van der Waals surface area contributed by atoms with Crippen molar-refractivity contribution in [3.63, 3.8) is 0 Å². The first-order valence-electron chi connectivity index (χ1n) is 10.5. The van der Waals surface area contributed by atoms with E-state index in [-0.39, 0.29) is 42.8 Å². The van der Waals surface area contributed by atoms with Crippen molar-refractivity contribution in [3.05, 3.63) is 72.3 Å². The zero-order valence-corrected chi connectivity index (χ0v) is 18.4. The second-order valence-corrected chi connectivity index (χ2v) is 9.59. The number of hydrogen-bond acceptors (Lipinski definition) is 6. The van der Waals surface area contributed by atoms with Crippen LogP contribution >= 0.6 is 0 Å². The molecule has 1 saturated heterocycles. The van der Waals surface area contributed by atoms with Gasteiger partial charge in [-0.05, 0) is 35.0 Å². The Balaban J connectivity index is 1.19. The van der Waals surface area contributed by atoms with E-state index in [1.54, 1.807) is 23.1 Å². The van der Waals surface area contributed by atoms with Crippen molar-refractivity contribution >= 4 is 44.2 Å². The summed E-state index contributed by atoms with van der Waals surface area (Å²) in [5.41, 5.74) is 1.25. The van der Waals surface area contributed by atoms with Gasteiger partial charge in [-0.2, -0.15) is 0 Å². The molecule has 0 aliphatic carbocycles. The molecule has 0 unspecified atom stereocenters. The molecule has 3 aromatic rings. The largest absolute Gasteiger partial charge is 0.463 e. The average Bonchev–Trinajstić information content (AvgIpc) is 3.33. The predicted molar refractivity (Wildman–Crippen MR) is 124 cm³/mol. The van der Waals surface area contributed by atoms with Crippen LogP contribution in [0.1, 0.15) is 12.0 Å². The number of nitrogens with zero attached hydrogens (tertiary/aromatic N) is 2. The molecule has 2 heterocycles. The van der Waals surface area contributed by atoms with Crippen molar-refractivity contribution in [2.45, 2.75) is 11.3 Å². The zero-order valence-electron chi connectivity index (χ0n) is 17.6.